The number of benzene rings is 2. The normalized spacial score (nSPS) is 13.9. The molecule has 0 atom stereocenters. The number of carbonyl (C=O) groups is 2. The molecule has 2 amide bonds. The molecule has 5 nitrogen and oxygen atoms in total. The van der Waals surface area contributed by atoms with Crippen molar-refractivity contribution in [2.45, 2.75) is 44.6 Å². The number of carbonyl (C=O) groups excluding carboxylic acids is 2. The molecule has 1 fully saturated rings. The average Bonchev–Trinajstić information content (AvgIpc) is 3.20. The molecule has 1 aliphatic carbocycles. The van der Waals surface area contributed by atoms with Crippen molar-refractivity contribution in [2.75, 3.05) is 11.9 Å². The van der Waals surface area contributed by atoms with Crippen LogP contribution in [0.2, 0.25) is 0 Å². The van der Waals surface area contributed by atoms with Gasteiger partial charge < -0.3 is 15.4 Å². The number of hydrogen-bond donors (Lipinski definition) is 2. The summed E-state index contributed by atoms with van der Waals surface area (Å²) < 4.78 is 18.8. The van der Waals surface area contributed by atoms with Gasteiger partial charge in [0.05, 0.1) is 6.10 Å². The van der Waals surface area contributed by atoms with E-state index in [0.29, 0.717) is 31.1 Å². The Morgan fingerprint density at radius 1 is 1.00 bits per heavy atom. The zero-order chi connectivity index (χ0) is 19.8. The number of halogens is 1. The highest BCUT2D eigenvalue weighted by Gasteiger charge is 2.16. The molecule has 0 bridgehead atoms. The third kappa shape index (κ3) is 6.08. The molecule has 0 unspecified atom stereocenters. The van der Waals surface area contributed by atoms with Crippen LogP contribution in [-0.2, 0) is 4.79 Å². The third-order valence-corrected chi connectivity index (χ3v) is 4.72. The van der Waals surface area contributed by atoms with E-state index in [1.807, 2.05) is 24.3 Å². The van der Waals surface area contributed by atoms with Crippen LogP contribution in [0.3, 0.4) is 0 Å². The van der Waals surface area contributed by atoms with Crippen LogP contribution in [0.25, 0.3) is 0 Å². The van der Waals surface area contributed by atoms with Crippen LogP contribution in [0.1, 0.15) is 48.9 Å². The fraction of sp³-hybridized carbons (Fsp3) is 0.364. The standard InChI is InChI=1S/C22H25FN2O3/c23-17-9-7-16(8-10-17)22(27)24-15-3-6-21(26)25-18-11-13-20(14-12-18)28-19-4-1-2-5-19/h7-14,19H,1-6,15H2,(H,24,27)(H,25,26). The fourth-order valence-electron chi connectivity index (χ4n) is 3.19. The minimum Gasteiger partial charge on any atom is -0.490 e. The predicted molar refractivity (Wildman–Crippen MR) is 106 cm³/mol. The first kappa shape index (κ1) is 19.9. The van der Waals surface area contributed by atoms with Crippen LogP contribution in [-0.4, -0.2) is 24.5 Å². The molecule has 1 aliphatic rings. The molecule has 3 rings (SSSR count). The highest BCUT2D eigenvalue weighted by molar-refractivity contribution is 5.94. The first-order valence-corrected chi connectivity index (χ1v) is 9.70. The number of hydrogen-bond acceptors (Lipinski definition) is 3. The topological polar surface area (TPSA) is 67.4 Å². The lowest BCUT2D eigenvalue weighted by Crippen LogP contribution is -2.25. The summed E-state index contributed by atoms with van der Waals surface area (Å²) in [6, 6.07) is 12.7. The number of ether oxygens (including phenoxy) is 1. The summed E-state index contributed by atoms with van der Waals surface area (Å²) in [6.07, 6.45) is 5.79. The molecule has 2 aromatic carbocycles. The summed E-state index contributed by atoms with van der Waals surface area (Å²) in [5.41, 5.74) is 1.12. The molecule has 28 heavy (non-hydrogen) atoms. The van der Waals surface area contributed by atoms with Crippen LogP contribution < -0.4 is 15.4 Å². The Morgan fingerprint density at radius 3 is 2.36 bits per heavy atom. The molecule has 2 aromatic rings. The van der Waals surface area contributed by atoms with E-state index in [1.54, 1.807) is 0 Å². The first-order chi connectivity index (χ1) is 13.6. The van der Waals surface area contributed by atoms with Gasteiger partial charge in [-0.05, 0) is 80.6 Å². The van der Waals surface area contributed by atoms with Crippen molar-refractivity contribution in [3.05, 3.63) is 59.9 Å². The number of anilines is 1. The van der Waals surface area contributed by atoms with Gasteiger partial charge in [0.2, 0.25) is 5.91 Å². The second-order valence-corrected chi connectivity index (χ2v) is 6.96. The first-order valence-electron chi connectivity index (χ1n) is 9.70. The quantitative estimate of drug-likeness (QED) is 0.667. The summed E-state index contributed by atoms with van der Waals surface area (Å²) in [6.45, 7) is 0.373. The molecular weight excluding hydrogens is 359 g/mol. The number of rotatable bonds is 8. The molecular formula is C22H25FN2O3. The minimum absolute atomic E-state index is 0.111. The Hall–Kier alpha value is -2.89. The van der Waals surface area contributed by atoms with Gasteiger partial charge in [-0.1, -0.05) is 0 Å². The summed E-state index contributed by atoms with van der Waals surface area (Å²) in [7, 11) is 0. The van der Waals surface area contributed by atoms with E-state index in [-0.39, 0.29) is 17.6 Å². The van der Waals surface area contributed by atoms with Gasteiger partial charge in [-0.25, -0.2) is 4.39 Å². The van der Waals surface area contributed by atoms with Crippen LogP contribution in [0.4, 0.5) is 10.1 Å². The maximum atomic E-state index is 12.9. The summed E-state index contributed by atoms with van der Waals surface area (Å²) in [4.78, 5) is 23.9. The number of nitrogens with one attached hydrogen (secondary N) is 2. The van der Waals surface area contributed by atoms with Crippen molar-refractivity contribution < 1.29 is 18.7 Å². The molecule has 0 heterocycles. The molecule has 148 valence electrons. The molecule has 0 saturated heterocycles. The Morgan fingerprint density at radius 2 is 1.68 bits per heavy atom. The summed E-state index contributed by atoms with van der Waals surface area (Å²) in [5.74, 6) is 0.0542. The van der Waals surface area contributed by atoms with E-state index in [9.17, 15) is 14.0 Å². The zero-order valence-electron chi connectivity index (χ0n) is 15.7. The van der Waals surface area contributed by atoms with Gasteiger partial charge in [-0.15, -0.1) is 0 Å². The van der Waals surface area contributed by atoms with Crippen LogP contribution in [0.5, 0.6) is 5.75 Å². The molecule has 0 aromatic heterocycles. The Balaban J connectivity index is 1.34. The molecule has 1 saturated carbocycles. The number of amides is 2. The average molecular weight is 384 g/mol. The van der Waals surface area contributed by atoms with Gasteiger partial charge in [0.15, 0.2) is 0 Å². The van der Waals surface area contributed by atoms with Crippen molar-refractivity contribution in [2.24, 2.45) is 0 Å². The Labute approximate surface area is 164 Å². The van der Waals surface area contributed by atoms with Gasteiger partial charge in [-0.3, -0.25) is 9.59 Å². The van der Waals surface area contributed by atoms with Crippen molar-refractivity contribution in [3.8, 4) is 5.75 Å². The smallest absolute Gasteiger partial charge is 0.251 e. The van der Waals surface area contributed by atoms with E-state index in [0.717, 1.165) is 24.3 Å². The molecule has 0 spiro atoms. The van der Waals surface area contributed by atoms with Crippen molar-refractivity contribution in [1.82, 2.24) is 5.32 Å². The molecule has 6 heteroatoms. The van der Waals surface area contributed by atoms with E-state index in [2.05, 4.69) is 10.6 Å². The largest absolute Gasteiger partial charge is 0.490 e. The highest BCUT2D eigenvalue weighted by Crippen LogP contribution is 2.25. The summed E-state index contributed by atoms with van der Waals surface area (Å²) >= 11 is 0. The monoisotopic (exact) mass is 384 g/mol. The SMILES string of the molecule is O=C(CCCNC(=O)c1ccc(F)cc1)Nc1ccc(OC2CCCC2)cc1. The van der Waals surface area contributed by atoms with Gasteiger partial charge in [0, 0.05) is 24.2 Å². The Kier molecular flexibility index (Phi) is 7.00. The van der Waals surface area contributed by atoms with Crippen molar-refractivity contribution >= 4 is 17.5 Å². The van der Waals surface area contributed by atoms with Gasteiger partial charge in [0.1, 0.15) is 11.6 Å². The Bertz CT molecular complexity index is 784. The minimum atomic E-state index is -0.383. The third-order valence-electron chi connectivity index (χ3n) is 4.72. The van der Waals surface area contributed by atoms with Crippen molar-refractivity contribution in [1.29, 1.82) is 0 Å². The van der Waals surface area contributed by atoms with E-state index in [4.69, 9.17) is 4.74 Å². The molecule has 0 radical (unpaired) electrons. The lowest BCUT2D eigenvalue weighted by Gasteiger charge is -2.13. The van der Waals surface area contributed by atoms with E-state index < -0.39 is 0 Å². The van der Waals surface area contributed by atoms with Crippen LogP contribution in [0, 0.1) is 5.82 Å². The zero-order valence-corrected chi connectivity index (χ0v) is 15.7. The van der Waals surface area contributed by atoms with Crippen LogP contribution in [0.15, 0.2) is 48.5 Å². The fourth-order valence-corrected chi connectivity index (χ4v) is 3.19. The maximum Gasteiger partial charge on any atom is 0.251 e. The van der Waals surface area contributed by atoms with Gasteiger partial charge in [0.25, 0.3) is 5.91 Å². The molecule has 0 aliphatic heterocycles. The van der Waals surface area contributed by atoms with Crippen molar-refractivity contribution in [3.63, 3.8) is 0 Å². The highest BCUT2D eigenvalue weighted by atomic mass is 19.1. The van der Waals surface area contributed by atoms with Gasteiger partial charge in [-0.2, -0.15) is 0 Å². The maximum absolute atomic E-state index is 12.9. The lowest BCUT2D eigenvalue weighted by molar-refractivity contribution is -0.116. The van der Waals surface area contributed by atoms with Gasteiger partial charge >= 0.3 is 0 Å². The lowest BCUT2D eigenvalue weighted by atomic mass is 10.2. The van der Waals surface area contributed by atoms with E-state index in [1.165, 1.54) is 37.1 Å². The molecule has 2 N–H and O–H groups in total. The predicted octanol–water partition coefficient (Wildman–Crippen LogP) is 4.30. The second-order valence-electron chi connectivity index (χ2n) is 6.96. The second kappa shape index (κ2) is 9.88. The van der Waals surface area contributed by atoms with Crippen LogP contribution >= 0.6 is 0 Å². The van der Waals surface area contributed by atoms with E-state index >= 15 is 0 Å². The summed E-state index contributed by atoms with van der Waals surface area (Å²) in [5, 5.41) is 5.56.